The van der Waals surface area contributed by atoms with Gasteiger partial charge in [0.1, 0.15) is 6.26 Å². The SMILES string of the molecule is CCc1coc(Cc2cccc(C(F)(F)F)c2)n1. The molecule has 2 nitrogen and oxygen atoms in total. The Bertz CT molecular complexity index is 531. The van der Waals surface area contributed by atoms with Crippen LogP contribution in [0, 0.1) is 0 Å². The first-order valence-corrected chi connectivity index (χ1v) is 5.58. The summed E-state index contributed by atoms with van der Waals surface area (Å²) < 4.78 is 42.8. The number of halogens is 3. The second kappa shape index (κ2) is 4.84. The molecule has 1 aromatic carbocycles. The second-order valence-corrected chi connectivity index (χ2v) is 3.96. The van der Waals surface area contributed by atoms with E-state index >= 15 is 0 Å². The van der Waals surface area contributed by atoms with Gasteiger partial charge in [0.25, 0.3) is 0 Å². The average molecular weight is 255 g/mol. The van der Waals surface area contributed by atoms with Crippen molar-refractivity contribution in [1.29, 1.82) is 0 Å². The summed E-state index contributed by atoms with van der Waals surface area (Å²) in [6.07, 6.45) is -1.78. The fourth-order valence-corrected chi connectivity index (χ4v) is 1.62. The van der Waals surface area contributed by atoms with E-state index in [2.05, 4.69) is 4.98 Å². The Morgan fingerprint density at radius 2 is 2.06 bits per heavy atom. The Morgan fingerprint density at radius 3 is 2.67 bits per heavy atom. The minimum atomic E-state index is -4.32. The maximum absolute atomic E-state index is 12.5. The van der Waals surface area contributed by atoms with Gasteiger partial charge in [0.2, 0.25) is 0 Å². The lowest BCUT2D eigenvalue weighted by Crippen LogP contribution is -2.05. The third-order valence-electron chi connectivity index (χ3n) is 2.57. The first-order valence-electron chi connectivity index (χ1n) is 5.58. The summed E-state index contributed by atoms with van der Waals surface area (Å²) in [4.78, 5) is 4.17. The molecule has 0 atom stereocenters. The van der Waals surface area contributed by atoms with E-state index < -0.39 is 11.7 Å². The molecule has 18 heavy (non-hydrogen) atoms. The summed E-state index contributed by atoms with van der Waals surface area (Å²) >= 11 is 0. The quantitative estimate of drug-likeness (QED) is 0.832. The molecule has 0 bridgehead atoms. The van der Waals surface area contributed by atoms with Crippen molar-refractivity contribution in [3.63, 3.8) is 0 Å². The molecule has 5 heteroatoms. The standard InChI is InChI=1S/C13H12F3NO/c1-2-11-8-18-12(17-11)7-9-4-3-5-10(6-9)13(14,15)16/h3-6,8H,2,7H2,1H3. The van der Waals surface area contributed by atoms with E-state index in [4.69, 9.17) is 4.42 Å². The zero-order valence-corrected chi connectivity index (χ0v) is 9.79. The number of nitrogens with zero attached hydrogens (tertiary/aromatic N) is 1. The molecule has 0 radical (unpaired) electrons. The lowest BCUT2D eigenvalue weighted by atomic mass is 10.1. The smallest absolute Gasteiger partial charge is 0.416 e. The molecule has 0 N–H and O–H groups in total. The summed E-state index contributed by atoms with van der Waals surface area (Å²) in [6, 6.07) is 5.19. The average Bonchev–Trinajstić information content (AvgIpc) is 2.76. The normalized spacial score (nSPS) is 11.8. The number of oxazole rings is 1. The van der Waals surface area contributed by atoms with Crippen LogP contribution in [0.4, 0.5) is 13.2 Å². The summed E-state index contributed by atoms with van der Waals surface area (Å²) in [5.41, 5.74) is 0.688. The van der Waals surface area contributed by atoms with Gasteiger partial charge in [0.15, 0.2) is 5.89 Å². The summed E-state index contributed by atoms with van der Waals surface area (Å²) in [5, 5.41) is 0. The van der Waals surface area contributed by atoms with Crippen molar-refractivity contribution < 1.29 is 17.6 Å². The Kier molecular flexibility index (Phi) is 3.41. The first-order chi connectivity index (χ1) is 8.49. The van der Waals surface area contributed by atoms with E-state index in [9.17, 15) is 13.2 Å². The summed E-state index contributed by atoms with van der Waals surface area (Å²) in [5.74, 6) is 0.436. The Labute approximate surface area is 102 Å². The highest BCUT2D eigenvalue weighted by Gasteiger charge is 2.30. The minimum absolute atomic E-state index is 0.268. The van der Waals surface area contributed by atoms with Gasteiger partial charge in [-0.3, -0.25) is 0 Å². The Hall–Kier alpha value is -1.78. The predicted octanol–water partition coefficient (Wildman–Crippen LogP) is 3.85. The molecular formula is C13H12F3NO. The lowest BCUT2D eigenvalue weighted by molar-refractivity contribution is -0.137. The van der Waals surface area contributed by atoms with E-state index in [0.29, 0.717) is 11.5 Å². The molecule has 0 amide bonds. The molecule has 1 heterocycles. The molecule has 0 unspecified atom stereocenters. The van der Waals surface area contributed by atoms with Gasteiger partial charge in [-0.15, -0.1) is 0 Å². The molecule has 0 saturated carbocycles. The Balaban J connectivity index is 2.19. The molecule has 96 valence electrons. The molecule has 0 spiro atoms. The van der Waals surface area contributed by atoms with Crippen LogP contribution in [0.2, 0.25) is 0 Å². The third-order valence-corrected chi connectivity index (χ3v) is 2.57. The molecule has 0 aliphatic heterocycles. The zero-order valence-electron chi connectivity index (χ0n) is 9.79. The number of hydrogen-bond acceptors (Lipinski definition) is 2. The zero-order chi connectivity index (χ0) is 13.2. The van der Waals surface area contributed by atoms with E-state index in [1.165, 1.54) is 12.3 Å². The highest BCUT2D eigenvalue weighted by atomic mass is 19.4. The highest BCUT2D eigenvalue weighted by molar-refractivity contribution is 5.27. The number of hydrogen-bond donors (Lipinski definition) is 0. The van der Waals surface area contributed by atoms with E-state index in [1.54, 1.807) is 6.07 Å². The number of benzene rings is 1. The lowest BCUT2D eigenvalue weighted by Gasteiger charge is -2.07. The van der Waals surface area contributed by atoms with Gasteiger partial charge in [-0.05, 0) is 18.1 Å². The number of rotatable bonds is 3. The van der Waals surface area contributed by atoms with Crippen molar-refractivity contribution in [2.24, 2.45) is 0 Å². The van der Waals surface area contributed by atoms with Gasteiger partial charge in [0.05, 0.1) is 11.3 Å². The van der Waals surface area contributed by atoms with Crippen LogP contribution in [-0.2, 0) is 19.0 Å². The van der Waals surface area contributed by atoms with Crippen molar-refractivity contribution in [3.05, 3.63) is 53.2 Å². The van der Waals surface area contributed by atoms with Crippen LogP contribution in [0.15, 0.2) is 34.9 Å². The van der Waals surface area contributed by atoms with E-state index in [1.807, 2.05) is 6.92 Å². The van der Waals surface area contributed by atoms with E-state index in [-0.39, 0.29) is 6.42 Å². The van der Waals surface area contributed by atoms with Crippen molar-refractivity contribution in [3.8, 4) is 0 Å². The summed E-state index contributed by atoms with van der Waals surface area (Å²) in [6.45, 7) is 1.94. The molecule has 1 aromatic heterocycles. The number of aromatic nitrogens is 1. The third kappa shape index (κ3) is 2.91. The molecular weight excluding hydrogens is 243 g/mol. The Morgan fingerprint density at radius 1 is 1.28 bits per heavy atom. The van der Waals surface area contributed by atoms with Gasteiger partial charge >= 0.3 is 6.18 Å². The number of alkyl halides is 3. The van der Waals surface area contributed by atoms with Gasteiger partial charge in [-0.1, -0.05) is 25.1 Å². The minimum Gasteiger partial charge on any atom is -0.448 e. The van der Waals surface area contributed by atoms with Crippen molar-refractivity contribution >= 4 is 0 Å². The van der Waals surface area contributed by atoms with Crippen LogP contribution in [0.5, 0.6) is 0 Å². The monoisotopic (exact) mass is 255 g/mol. The topological polar surface area (TPSA) is 26.0 Å². The maximum atomic E-state index is 12.5. The maximum Gasteiger partial charge on any atom is 0.416 e. The van der Waals surface area contributed by atoms with Gasteiger partial charge in [0, 0.05) is 6.42 Å². The first kappa shape index (κ1) is 12.7. The molecule has 0 aliphatic rings. The van der Waals surface area contributed by atoms with E-state index in [0.717, 1.165) is 24.2 Å². The molecule has 0 fully saturated rings. The van der Waals surface area contributed by atoms with Gasteiger partial charge in [-0.2, -0.15) is 13.2 Å². The van der Waals surface area contributed by atoms with Crippen LogP contribution >= 0.6 is 0 Å². The van der Waals surface area contributed by atoms with Crippen molar-refractivity contribution in [2.75, 3.05) is 0 Å². The largest absolute Gasteiger partial charge is 0.448 e. The molecule has 2 aromatic rings. The van der Waals surface area contributed by atoms with Crippen LogP contribution in [0.3, 0.4) is 0 Å². The predicted molar refractivity (Wildman–Crippen MR) is 60.1 cm³/mol. The molecule has 0 saturated heterocycles. The number of aryl methyl sites for hydroxylation is 1. The van der Waals surface area contributed by atoms with Crippen LogP contribution < -0.4 is 0 Å². The van der Waals surface area contributed by atoms with Gasteiger partial charge < -0.3 is 4.42 Å². The van der Waals surface area contributed by atoms with Crippen molar-refractivity contribution in [2.45, 2.75) is 25.9 Å². The van der Waals surface area contributed by atoms with Gasteiger partial charge in [-0.25, -0.2) is 4.98 Å². The fourth-order valence-electron chi connectivity index (χ4n) is 1.62. The van der Waals surface area contributed by atoms with Crippen LogP contribution in [-0.4, -0.2) is 4.98 Å². The van der Waals surface area contributed by atoms with Crippen LogP contribution in [0.1, 0.15) is 29.6 Å². The highest BCUT2D eigenvalue weighted by Crippen LogP contribution is 2.29. The van der Waals surface area contributed by atoms with Crippen molar-refractivity contribution in [1.82, 2.24) is 4.98 Å². The molecule has 0 aliphatic carbocycles. The summed E-state index contributed by atoms with van der Waals surface area (Å²) in [7, 11) is 0. The molecule has 2 rings (SSSR count). The fraction of sp³-hybridized carbons (Fsp3) is 0.308. The van der Waals surface area contributed by atoms with Crippen LogP contribution in [0.25, 0.3) is 0 Å². The second-order valence-electron chi connectivity index (χ2n) is 3.96.